The van der Waals surface area contributed by atoms with Gasteiger partial charge >= 0.3 is 5.97 Å². The molecule has 0 atom stereocenters. The topological polar surface area (TPSA) is 37.3 Å². The van der Waals surface area contributed by atoms with E-state index in [9.17, 15) is 4.79 Å². The molecule has 0 rings (SSSR count). The molecule has 0 fully saturated rings. The Labute approximate surface area is 149 Å². The van der Waals surface area contributed by atoms with Gasteiger partial charge in [-0.2, -0.15) is 0 Å². The molecule has 0 radical (unpaired) electrons. The van der Waals surface area contributed by atoms with Crippen LogP contribution in [0.15, 0.2) is 48.6 Å². The van der Waals surface area contributed by atoms with Crippen LogP contribution >= 0.6 is 0 Å². The van der Waals surface area contributed by atoms with E-state index in [0.29, 0.717) is 0 Å². The standard InChI is InChI=1S/C22H36O2/c1-4-5-6-7-8-10-13-16-19-22(2,3)20-17-14-11-9-12-15-18-21(23)24/h8-11,16-17,19-20H,4-7,12-15,18H2,1-3H3,(H,23,24)/b10-8+,11-9+,19-16+,20-17+. The number of carboxylic acid groups (broad SMARTS) is 1. The fourth-order valence-electron chi connectivity index (χ4n) is 2.27. The molecule has 0 aromatic heterocycles. The predicted molar refractivity (Wildman–Crippen MR) is 105 cm³/mol. The molecule has 24 heavy (non-hydrogen) atoms. The van der Waals surface area contributed by atoms with Gasteiger partial charge in [-0.15, -0.1) is 0 Å². The third kappa shape index (κ3) is 16.8. The Hall–Kier alpha value is -1.57. The molecule has 0 heterocycles. The highest BCUT2D eigenvalue weighted by atomic mass is 16.4. The van der Waals surface area contributed by atoms with Crippen LogP contribution in [-0.4, -0.2) is 11.1 Å². The second kappa shape index (κ2) is 15.0. The Morgan fingerprint density at radius 2 is 1.38 bits per heavy atom. The monoisotopic (exact) mass is 332 g/mol. The minimum absolute atomic E-state index is 0.0766. The van der Waals surface area contributed by atoms with Crippen LogP contribution in [0, 0.1) is 5.41 Å². The summed E-state index contributed by atoms with van der Waals surface area (Å²) in [5.41, 5.74) is 0.0766. The number of aliphatic carboxylic acids is 1. The molecule has 0 amide bonds. The molecule has 0 saturated carbocycles. The summed E-state index contributed by atoms with van der Waals surface area (Å²) in [6.45, 7) is 6.65. The Bertz CT molecular complexity index is 425. The van der Waals surface area contributed by atoms with Crippen molar-refractivity contribution in [3.05, 3.63) is 48.6 Å². The van der Waals surface area contributed by atoms with Crippen LogP contribution in [0.5, 0.6) is 0 Å². The molecule has 2 nitrogen and oxygen atoms in total. The normalized spacial score (nSPS) is 13.1. The van der Waals surface area contributed by atoms with Gasteiger partial charge in [0, 0.05) is 11.8 Å². The van der Waals surface area contributed by atoms with E-state index in [-0.39, 0.29) is 11.8 Å². The van der Waals surface area contributed by atoms with Crippen LogP contribution in [0.1, 0.15) is 78.6 Å². The van der Waals surface area contributed by atoms with Gasteiger partial charge in [0.1, 0.15) is 0 Å². The molecule has 0 aromatic carbocycles. The Kier molecular flexibility index (Phi) is 14.0. The highest BCUT2D eigenvalue weighted by Crippen LogP contribution is 2.19. The fourth-order valence-corrected chi connectivity index (χ4v) is 2.27. The number of carbonyl (C=O) groups is 1. The van der Waals surface area contributed by atoms with Gasteiger partial charge in [0.25, 0.3) is 0 Å². The molecule has 0 aliphatic rings. The zero-order valence-electron chi connectivity index (χ0n) is 15.8. The third-order valence-corrected chi connectivity index (χ3v) is 3.71. The maximum Gasteiger partial charge on any atom is 0.303 e. The first-order valence-corrected chi connectivity index (χ1v) is 9.35. The number of allylic oxidation sites excluding steroid dienone is 8. The van der Waals surface area contributed by atoms with Crippen molar-refractivity contribution in [1.29, 1.82) is 0 Å². The number of rotatable bonds is 14. The zero-order valence-corrected chi connectivity index (χ0v) is 15.8. The van der Waals surface area contributed by atoms with E-state index in [1.165, 1.54) is 25.7 Å². The van der Waals surface area contributed by atoms with Gasteiger partial charge in [0.15, 0.2) is 0 Å². The number of carboxylic acids is 1. The molecule has 1 N–H and O–H groups in total. The molecule has 0 aliphatic carbocycles. The van der Waals surface area contributed by atoms with Crippen molar-refractivity contribution >= 4 is 5.97 Å². The number of unbranched alkanes of at least 4 members (excludes halogenated alkanes) is 4. The Balaban J connectivity index is 3.87. The van der Waals surface area contributed by atoms with Crippen molar-refractivity contribution in [3.8, 4) is 0 Å². The average molecular weight is 333 g/mol. The molecule has 2 heteroatoms. The first kappa shape index (κ1) is 22.4. The van der Waals surface area contributed by atoms with Gasteiger partial charge in [0.2, 0.25) is 0 Å². The van der Waals surface area contributed by atoms with Crippen molar-refractivity contribution in [3.63, 3.8) is 0 Å². The lowest BCUT2D eigenvalue weighted by Gasteiger charge is -2.13. The van der Waals surface area contributed by atoms with Gasteiger partial charge in [-0.25, -0.2) is 0 Å². The molecule has 0 unspecified atom stereocenters. The molecular formula is C22H36O2. The molecule has 0 saturated heterocycles. The van der Waals surface area contributed by atoms with E-state index < -0.39 is 5.97 Å². The molecule has 0 aromatic rings. The summed E-state index contributed by atoms with van der Waals surface area (Å²) in [4.78, 5) is 10.4. The van der Waals surface area contributed by atoms with Crippen LogP contribution in [0.4, 0.5) is 0 Å². The van der Waals surface area contributed by atoms with Crippen LogP contribution < -0.4 is 0 Å². The zero-order chi connectivity index (χ0) is 18.1. The molecular weight excluding hydrogens is 296 g/mol. The molecule has 0 bridgehead atoms. The van der Waals surface area contributed by atoms with Crippen molar-refractivity contribution in [2.75, 3.05) is 0 Å². The van der Waals surface area contributed by atoms with Crippen molar-refractivity contribution in [2.45, 2.75) is 78.6 Å². The summed E-state index contributed by atoms with van der Waals surface area (Å²) in [6, 6.07) is 0. The lowest BCUT2D eigenvalue weighted by molar-refractivity contribution is -0.137. The van der Waals surface area contributed by atoms with Crippen molar-refractivity contribution < 1.29 is 9.90 Å². The average Bonchev–Trinajstić information content (AvgIpc) is 2.52. The van der Waals surface area contributed by atoms with E-state index in [1.54, 1.807) is 0 Å². The lowest BCUT2D eigenvalue weighted by Crippen LogP contribution is -2.01. The lowest BCUT2D eigenvalue weighted by atomic mass is 9.92. The number of hydrogen-bond donors (Lipinski definition) is 1. The smallest absolute Gasteiger partial charge is 0.303 e. The summed E-state index contributed by atoms with van der Waals surface area (Å²) in [6.07, 6.45) is 26.5. The van der Waals surface area contributed by atoms with E-state index >= 15 is 0 Å². The first-order chi connectivity index (χ1) is 11.5. The second-order valence-electron chi connectivity index (χ2n) is 6.82. The van der Waals surface area contributed by atoms with E-state index in [4.69, 9.17) is 5.11 Å². The maximum atomic E-state index is 10.4. The molecule has 136 valence electrons. The number of hydrogen-bond acceptors (Lipinski definition) is 1. The minimum Gasteiger partial charge on any atom is -0.481 e. The second-order valence-corrected chi connectivity index (χ2v) is 6.82. The van der Waals surface area contributed by atoms with Gasteiger partial charge in [-0.05, 0) is 38.5 Å². The first-order valence-electron chi connectivity index (χ1n) is 9.35. The van der Waals surface area contributed by atoms with Gasteiger partial charge in [0.05, 0.1) is 0 Å². The maximum absolute atomic E-state index is 10.4. The molecule has 0 spiro atoms. The quantitative estimate of drug-likeness (QED) is 0.279. The van der Waals surface area contributed by atoms with Crippen LogP contribution in [0.3, 0.4) is 0 Å². The van der Waals surface area contributed by atoms with E-state index in [0.717, 1.165) is 25.7 Å². The van der Waals surface area contributed by atoms with Crippen molar-refractivity contribution in [2.24, 2.45) is 5.41 Å². The SMILES string of the molecule is CCCCC/C=C/C/C=C/C(C)(C)/C=C/C/C=C/CCCC(=O)O. The van der Waals surface area contributed by atoms with E-state index in [1.807, 2.05) is 0 Å². The third-order valence-electron chi connectivity index (χ3n) is 3.71. The summed E-state index contributed by atoms with van der Waals surface area (Å²) in [5, 5.41) is 8.55. The summed E-state index contributed by atoms with van der Waals surface area (Å²) in [7, 11) is 0. The highest BCUT2D eigenvalue weighted by molar-refractivity contribution is 5.66. The largest absolute Gasteiger partial charge is 0.481 e. The Morgan fingerprint density at radius 3 is 1.88 bits per heavy atom. The van der Waals surface area contributed by atoms with Gasteiger partial charge in [-0.3, -0.25) is 4.79 Å². The predicted octanol–water partition coefficient (Wildman–Crippen LogP) is 6.85. The summed E-state index contributed by atoms with van der Waals surface area (Å²) >= 11 is 0. The summed E-state index contributed by atoms with van der Waals surface area (Å²) < 4.78 is 0. The van der Waals surface area contributed by atoms with Crippen molar-refractivity contribution in [1.82, 2.24) is 0 Å². The fraction of sp³-hybridized carbons (Fsp3) is 0.591. The summed E-state index contributed by atoms with van der Waals surface area (Å²) in [5.74, 6) is -0.715. The van der Waals surface area contributed by atoms with Crippen LogP contribution in [0.2, 0.25) is 0 Å². The van der Waals surface area contributed by atoms with Gasteiger partial charge in [-0.1, -0.05) is 82.2 Å². The van der Waals surface area contributed by atoms with Crippen LogP contribution in [0.25, 0.3) is 0 Å². The minimum atomic E-state index is -0.715. The highest BCUT2D eigenvalue weighted by Gasteiger charge is 2.06. The van der Waals surface area contributed by atoms with E-state index in [2.05, 4.69) is 69.4 Å². The molecule has 0 aliphatic heterocycles. The van der Waals surface area contributed by atoms with Crippen LogP contribution in [-0.2, 0) is 4.79 Å². The Morgan fingerprint density at radius 1 is 0.833 bits per heavy atom. The van der Waals surface area contributed by atoms with Gasteiger partial charge < -0.3 is 5.11 Å².